The van der Waals surface area contributed by atoms with Gasteiger partial charge in [-0.15, -0.1) is 0 Å². The second kappa shape index (κ2) is 15.7. The topological polar surface area (TPSA) is 79.0 Å². The molecule has 1 saturated heterocycles. The van der Waals surface area contributed by atoms with Crippen molar-refractivity contribution < 1.29 is 14.6 Å². The van der Waals surface area contributed by atoms with Gasteiger partial charge in [-0.05, 0) is 68.7 Å². The van der Waals surface area contributed by atoms with Gasteiger partial charge < -0.3 is 20.5 Å². The molecule has 1 heterocycles. The molecule has 6 nitrogen and oxygen atoms in total. The van der Waals surface area contributed by atoms with Crippen LogP contribution < -0.4 is 5.73 Å². The van der Waals surface area contributed by atoms with E-state index >= 15 is 0 Å². The van der Waals surface area contributed by atoms with Crippen LogP contribution in [0.3, 0.4) is 0 Å². The number of carbonyl (C=O) groups excluding carboxylic acids is 1. The number of hydrogen-bond donors (Lipinski definition) is 2. The summed E-state index contributed by atoms with van der Waals surface area (Å²) in [5.74, 6) is 0. The average molecular weight is 506 g/mol. The number of aliphatic hydroxyl groups is 1. The molecule has 0 radical (unpaired) electrons. The molecule has 3 N–H and O–H groups in total. The van der Waals surface area contributed by atoms with Crippen molar-refractivity contribution in [2.45, 2.75) is 66.0 Å². The molecule has 2 rings (SSSR count). The third-order valence-corrected chi connectivity index (χ3v) is 5.79. The molecule has 0 saturated carbocycles. The fourth-order valence-corrected chi connectivity index (χ4v) is 4.08. The summed E-state index contributed by atoms with van der Waals surface area (Å²) < 4.78 is 5.54. The summed E-state index contributed by atoms with van der Waals surface area (Å²) in [6, 6.07) is 0.0749. The van der Waals surface area contributed by atoms with Gasteiger partial charge in [0.2, 0.25) is 0 Å². The van der Waals surface area contributed by atoms with Gasteiger partial charge in [0.15, 0.2) is 0 Å². The number of ether oxygens (including phenoxy) is 1. The van der Waals surface area contributed by atoms with Crippen LogP contribution in [0.5, 0.6) is 0 Å². The fraction of sp³-hybridized carbons (Fsp3) is 0.536. The molecule has 7 heteroatoms. The lowest BCUT2D eigenvalue weighted by Gasteiger charge is -2.40. The Morgan fingerprint density at radius 1 is 1.23 bits per heavy atom. The van der Waals surface area contributed by atoms with Crippen LogP contribution in [0.4, 0.5) is 4.79 Å². The summed E-state index contributed by atoms with van der Waals surface area (Å²) in [5.41, 5.74) is 8.06. The largest absolute Gasteiger partial charge is 0.444 e. The smallest absolute Gasteiger partial charge is 0.410 e. The Morgan fingerprint density at radius 3 is 2.43 bits per heavy atom. The maximum atomic E-state index is 12.5. The molecule has 2 aliphatic rings. The number of allylic oxidation sites excluding steroid dienone is 7. The van der Waals surface area contributed by atoms with Gasteiger partial charge in [0.05, 0.1) is 6.61 Å². The Labute approximate surface area is 217 Å². The van der Waals surface area contributed by atoms with Gasteiger partial charge in [-0.25, -0.2) is 4.79 Å². The van der Waals surface area contributed by atoms with Crippen LogP contribution in [-0.4, -0.2) is 65.4 Å². The Morgan fingerprint density at radius 2 is 1.89 bits per heavy atom. The molecule has 0 bridgehead atoms. The quantitative estimate of drug-likeness (QED) is 0.454. The zero-order valence-corrected chi connectivity index (χ0v) is 23.0. The second-order valence-corrected chi connectivity index (χ2v) is 9.58. The van der Waals surface area contributed by atoms with Crippen LogP contribution in [0.15, 0.2) is 70.5 Å². The van der Waals surface area contributed by atoms with Crippen LogP contribution in [0.2, 0.25) is 0 Å². The minimum atomic E-state index is -0.510. The standard InChI is InChI=1S/C26H38ClN3O3.C2H6/c1-5-7-23(27)12-11-20-9-10-22(19-31)21(8-6-13-28)18-24(20)29-14-16-30(17-15-29)25(32)33-26(2,3)4;1-2/h6-13,24,31H,5,14-19,28H2,1-4H3;1-2H3/b12-11-,13-6-,21-8+,23-7+;. The molecule has 1 fully saturated rings. The first-order valence-corrected chi connectivity index (χ1v) is 12.9. The molecule has 0 spiro atoms. The lowest BCUT2D eigenvalue weighted by Crippen LogP contribution is -2.53. The van der Waals surface area contributed by atoms with Crippen molar-refractivity contribution in [3.05, 3.63) is 70.5 Å². The van der Waals surface area contributed by atoms with E-state index in [9.17, 15) is 9.90 Å². The van der Waals surface area contributed by atoms with Crippen molar-refractivity contribution in [3.63, 3.8) is 0 Å². The van der Waals surface area contributed by atoms with Gasteiger partial charge in [-0.1, -0.05) is 62.8 Å². The third kappa shape index (κ3) is 10.5. The molecular formula is C28H44ClN3O3. The highest BCUT2D eigenvalue weighted by molar-refractivity contribution is 6.31. The SMILES string of the molecule is CC.CC/C=C(Cl)\C=C/C1=CC=C(CO)/C(=C/C=C\N)CC1N1CCN(C(=O)OC(C)(C)C)CC1. The van der Waals surface area contributed by atoms with Gasteiger partial charge in [-0.2, -0.15) is 0 Å². The van der Waals surface area contributed by atoms with Crippen molar-refractivity contribution in [2.24, 2.45) is 5.73 Å². The van der Waals surface area contributed by atoms with Crippen LogP contribution in [0, 0.1) is 0 Å². The number of carbonyl (C=O) groups is 1. The van der Waals surface area contributed by atoms with E-state index in [1.54, 1.807) is 11.0 Å². The van der Waals surface area contributed by atoms with Crippen molar-refractivity contribution >= 4 is 17.7 Å². The minimum absolute atomic E-state index is 0.0482. The first-order valence-electron chi connectivity index (χ1n) is 12.5. The average Bonchev–Trinajstić information content (AvgIpc) is 3.01. The van der Waals surface area contributed by atoms with Crippen LogP contribution in [0.1, 0.15) is 54.4 Å². The predicted molar refractivity (Wildman–Crippen MR) is 147 cm³/mol. The van der Waals surface area contributed by atoms with Gasteiger partial charge in [-0.3, -0.25) is 4.90 Å². The van der Waals surface area contributed by atoms with Gasteiger partial charge >= 0.3 is 6.09 Å². The molecule has 1 unspecified atom stereocenters. The number of amides is 1. The fourth-order valence-electron chi connectivity index (χ4n) is 3.86. The second-order valence-electron chi connectivity index (χ2n) is 9.15. The zero-order valence-electron chi connectivity index (χ0n) is 22.3. The number of halogens is 1. The van der Waals surface area contributed by atoms with E-state index < -0.39 is 5.60 Å². The highest BCUT2D eigenvalue weighted by atomic mass is 35.5. The molecule has 35 heavy (non-hydrogen) atoms. The van der Waals surface area contributed by atoms with Crippen LogP contribution in [-0.2, 0) is 4.74 Å². The molecule has 1 aliphatic heterocycles. The molecule has 1 amide bonds. The summed E-state index contributed by atoms with van der Waals surface area (Å²) in [5, 5.41) is 10.6. The normalized spacial score (nSPS) is 21.5. The molecule has 0 aromatic rings. The Hall–Kier alpha value is -2.28. The van der Waals surface area contributed by atoms with E-state index in [2.05, 4.69) is 11.0 Å². The number of rotatable bonds is 6. The summed E-state index contributed by atoms with van der Waals surface area (Å²) in [6.45, 7) is 14.3. The Balaban J connectivity index is 0.00000298. The summed E-state index contributed by atoms with van der Waals surface area (Å²) >= 11 is 6.32. The third-order valence-electron chi connectivity index (χ3n) is 5.51. The van der Waals surface area contributed by atoms with Crippen molar-refractivity contribution in [1.82, 2.24) is 9.80 Å². The lowest BCUT2D eigenvalue weighted by atomic mass is 9.95. The maximum absolute atomic E-state index is 12.5. The minimum Gasteiger partial charge on any atom is -0.444 e. The lowest BCUT2D eigenvalue weighted by molar-refractivity contribution is 0.0120. The van der Waals surface area contributed by atoms with E-state index in [-0.39, 0.29) is 18.7 Å². The van der Waals surface area contributed by atoms with Gasteiger partial charge in [0.25, 0.3) is 0 Å². The van der Waals surface area contributed by atoms with E-state index in [0.717, 1.165) is 36.2 Å². The van der Waals surface area contributed by atoms with Gasteiger partial charge in [0, 0.05) is 37.3 Å². The van der Waals surface area contributed by atoms with Crippen molar-refractivity contribution in [3.8, 4) is 0 Å². The molecule has 0 aromatic heterocycles. The van der Waals surface area contributed by atoms with Crippen LogP contribution >= 0.6 is 11.6 Å². The number of nitrogens with two attached hydrogens (primary N) is 1. The monoisotopic (exact) mass is 505 g/mol. The highest BCUT2D eigenvalue weighted by Gasteiger charge is 2.31. The van der Waals surface area contributed by atoms with E-state index in [1.807, 2.05) is 71.9 Å². The maximum Gasteiger partial charge on any atom is 0.410 e. The number of aliphatic hydroxyl groups excluding tert-OH is 1. The summed E-state index contributed by atoms with van der Waals surface area (Å²) in [6.07, 6.45) is 16.5. The van der Waals surface area contributed by atoms with Crippen molar-refractivity contribution in [2.75, 3.05) is 32.8 Å². The molecule has 1 atom stereocenters. The Kier molecular flexibility index (Phi) is 13.8. The molecule has 196 valence electrons. The zero-order chi connectivity index (χ0) is 26.4. The summed E-state index contributed by atoms with van der Waals surface area (Å²) in [7, 11) is 0. The van der Waals surface area contributed by atoms with E-state index in [4.69, 9.17) is 22.1 Å². The Bertz CT molecular complexity index is 855. The number of nitrogens with zero attached hydrogens (tertiary/aromatic N) is 2. The van der Waals surface area contributed by atoms with Gasteiger partial charge in [0.1, 0.15) is 5.60 Å². The van der Waals surface area contributed by atoms with E-state index in [1.165, 1.54) is 6.20 Å². The first kappa shape index (κ1) is 30.8. The predicted octanol–water partition coefficient (Wildman–Crippen LogP) is 5.67. The highest BCUT2D eigenvalue weighted by Crippen LogP contribution is 2.29. The number of hydrogen-bond acceptors (Lipinski definition) is 5. The number of piperazine rings is 1. The first-order chi connectivity index (χ1) is 16.7. The molecule has 1 aliphatic carbocycles. The van der Waals surface area contributed by atoms with Crippen LogP contribution in [0.25, 0.3) is 0 Å². The van der Waals surface area contributed by atoms with E-state index in [0.29, 0.717) is 24.5 Å². The summed E-state index contributed by atoms with van der Waals surface area (Å²) in [4.78, 5) is 16.6. The molecular weight excluding hydrogens is 462 g/mol. The van der Waals surface area contributed by atoms with Crippen molar-refractivity contribution in [1.29, 1.82) is 0 Å². The molecule has 0 aromatic carbocycles.